The Morgan fingerprint density at radius 2 is 1.82 bits per heavy atom. The quantitative estimate of drug-likeness (QED) is 0.748. The first-order chi connectivity index (χ1) is 10.7. The van der Waals surface area contributed by atoms with Gasteiger partial charge >= 0.3 is 0 Å². The van der Waals surface area contributed by atoms with Crippen LogP contribution >= 0.6 is 0 Å². The molecule has 0 amide bonds. The molecule has 0 unspecified atom stereocenters. The van der Waals surface area contributed by atoms with Crippen LogP contribution in [0.25, 0.3) is 10.9 Å². The zero-order chi connectivity index (χ0) is 15.1. The predicted octanol–water partition coefficient (Wildman–Crippen LogP) is 2.44. The molecule has 1 atom stereocenters. The lowest BCUT2D eigenvalue weighted by Crippen LogP contribution is -2.87. The summed E-state index contributed by atoms with van der Waals surface area (Å²) in [6.45, 7) is 1.15. The number of quaternary nitrogens is 1. The van der Waals surface area contributed by atoms with Crippen LogP contribution in [0, 0.1) is 0 Å². The normalized spacial score (nSPS) is 17.5. The summed E-state index contributed by atoms with van der Waals surface area (Å²) in [5.74, 6) is 0. The van der Waals surface area contributed by atoms with Crippen LogP contribution in [0.3, 0.4) is 0 Å². The molecule has 3 N–H and O–H groups in total. The number of benzene rings is 2. The molecule has 1 aliphatic rings. The molecule has 1 aromatic heterocycles. The maximum absolute atomic E-state index is 3.66. The molecule has 0 saturated carbocycles. The molecule has 0 radical (unpaired) electrons. The fraction of sp³-hybridized carbons (Fsp3) is 0.263. The molecule has 0 aliphatic carbocycles. The number of fused-ring (bicyclic) bond motifs is 3. The van der Waals surface area contributed by atoms with E-state index >= 15 is 0 Å². The maximum atomic E-state index is 3.66. The second-order valence-electron chi connectivity index (χ2n) is 6.30. The van der Waals surface area contributed by atoms with Crippen LogP contribution in [-0.2, 0) is 6.42 Å². The highest BCUT2D eigenvalue weighted by Gasteiger charge is 2.28. The summed E-state index contributed by atoms with van der Waals surface area (Å²) in [6, 6.07) is 18.0. The van der Waals surface area contributed by atoms with Crippen molar-refractivity contribution in [3.05, 3.63) is 65.4 Å². The number of hydrogen-bond donors (Lipinski definition) is 2. The van der Waals surface area contributed by atoms with Crippen LogP contribution in [-0.4, -0.2) is 25.6 Å². The van der Waals surface area contributed by atoms with Gasteiger partial charge in [0.05, 0.1) is 12.2 Å². The van der Waals surface area contributed by atoms with Gasteiger partial charge in [0.15, 0.2) is 6.04 Å². The fourth-order valence-electron chi connectivity index (χ4n) is 3.55. The molecule has 0 bridgehead atoms. The highest BCUT2D eigenvalue weighted by Crippen LogP contribution is 2.31. The number of aromatic nitrogens is 1. The summed E-state index contributed by atoms with van der Waals surface area (Å²) >= 11 is 0. The molecule has 22 heavy (non-hydrogen) atoms. The van der Waals surface area contributed by atoms with Gasteiger partial charge in [-0.05, 0) is 23.8 Å². The van der Waals surface area contributed by atoms with Crippen molar-refractivity contribution in [1.82, 2.24) is 4.98 Å². The number of hydrogen-bond acceptors (Lipinski definition) is 1. The van der Waals surface area contributed by atoms with E-state index in [1.165, 1.54) is 33.4 Å². The van der Waals surface area contributed by atoms with Gasteiger partial charge in [0, 0.05) is 42.7 Å². The first-order valence-corrected chi connectivity index (χ1v) is 7.94. The van der Waals surface area contributed by atoms with E-state index in [-0.39, 0.29) is 0 Å². The topological polar surface area (TPSA) is 35.6 Å². The Kier molecular flexibility index (Phi) is 3.16. The van der Waals surface area contributed by atoms with Crippen LogP contribution in [0.15, 0.2) is 48.5 Å². The van der Waals surface area contributed by atoms with Gasteiger partial charge in [-0.2, -0.15) is 0 Å². The van der Waals surface area contributed by atoms with Gasteiger partial charge in [0.1, 0.15) is 0 Å². The van der Waals surface area contributed by atoms with Crippen molar-refractivity contribution in [1.29, 1.82) is 0 Å². The van der Waals surface area contributed by atoms with Crippen molar-refractivity contribution in [2.75, 3.05) is 25.5 Å². The van der Waals surface area contributed by atoms with Crippen LogP contribution < -0.4 is 10.2 Å². The SMILES string of the molecule is CN(C)c1ccc([C@@H]2[NH2+]CCc3c2[nH]c2ccccc32)cc1. The highest BCUT2D eigenvalue weighted by atomic mass is 15.1. The summed E-state index contributed by atoms with van der Waals surface area (Å²) < 4.78 is 0. The van der Waals surface area contributed by atoms with Crippen LogP contribution in [0.1, 0.15) is 22.9 Å². The number of para-hydroxylation sites is 1. The van der Waals surface area contributed by atoms with Crippen molar-refractivity contribution >= 4 is 16.6 Å². The Morgan fingerprint density at radius 3 is 2.59 bits per heavy atom. The summed E-state index contributed by atoms with van der Waals surface area (Å²) in [5, 5.41) is 3.84. The summed E-state index contributed by atoms with van der Waals surface area (Å²) in [5.41, 5.74) is 6.76. The van der Waals surface area contributed by atoms with E-state index in [1.807, 2.05) is 0 Å². The van der Waals surface area contributed by atoms with Crippen LogP contribution in [0.2, 0.25) is 0 Å². The Labute approximate surface area is 131 Å². The monoisotopic (exact) mass is 292 g/mol. The summed E-state index contributed by atoms with van der Waals surface area (Å²) in [6.07, 6.45) is 1.14. The smallest absolute Gasteiger partial charge is 0.153 e. The third kappa shape index (κ3) is 2.09. The first kappa shape index (κ1) is 13.4. The first-order valence-electron chi connectivity index (χ1n) is 7.94. The van der Waals surface area contributed by atoms with Crippen molar-refractivity contribution in [3.63, 3.8) is 0 Å². The van der Waals surface area contributed by atoms with Gasteiger partial charge in [-0.15, -0.1) is 0 Å². The maximum Gasteiger partial charge on any atom is 0.153 e. The molecular weight excluding hydrogens is 270 g/mol. The Hall–Kier alpha value is -2.26. The molecule has 112 valence electrons. The lowest BCUT2D eigenvalue weighted by molar-refractivity contribution is -0.690. The minimum Gasteiger partial charge on any atom is -0.378 e. The number of anilines is 1. The van der Waals surface area contributed by atoms with Crippen molar-refractivity contribution in [3.8, 4) is 0 Å². The van der Waals surface area contributed by atoms with E-state index in [1.54, 1.807) is 0 Å². The predicted molar refractivity (Wildman–Crippen MR) is 91.4 cm³/mol. The number of rotatable bonds is 2. The summed E-state index contributed by atoms with van der Waals surface area (Å²) in [4.78, 5) is 5.80. The third-order valence-corrected chi connectivity index (χ3v) is 4.72. The van der Waals surface area contributed by atoms with E-state index in [4.69, 9.17) is 0 Å². The third-order valence-electron chi connectivity index (χ3n) is 4.72. The van der Waals surface area contributed by atoms with E-state index in [0.717, 1.165) is 13.0 Å². The Balaban J connectivity index is 1.78. The minimum atomic E-state index is 0.382. The molecule has 3 aromatic rings. The van der Waals surface area contributed by atoms with Crippen molar-refractivity contribution < 1.29 is 5.32 Å². The fourth-order valence-corrected chi connectivity index (χ4v) is 3.55. The molecule has 4 rings (SSSR count). The molecule has 2 heterocycles. The number of nitrogens with zero attached hydrogens (tertiary/aromatic N) is 1. The van der Waals surface area contributed by atoms with E-state index in [0.29, 0.717) is 6.04 Å². The molecule has 3 nitrogen and oxygen atoms in total. The van der Waals surface area contributed by atoms with E-state index < -0.39 is 0 Å². The molecule has 0 spiro atoms. The lowest BCUT2D eigenvalue weighted by atomic mass is 9.94. The van der Waals surface area contributed by atoms with Crippen molar-refractivity contribution in [2.24, 2.45) is 0 Å². The molecule has 2 aromatic carbocycles. The minimum absolute atomic E-state index is 0.382. The molecular formula is C19H22N3+. The molecule has 1 aliphatic heterocycles. The second kappa shape index (κ2) is 5.18. The van der Waals surface area contributed by atoms with Crippen molar-refractivity contribution in [2.45, 2.75) is 12.5 Å². The number of nitrogens with one attached hydrogen (secondary N) is 1. The van der Waals surface area contributed by atoms with E-state index in [9.17, 15) is 0 Å². The largest absolute Gasteiger partial charge is 0.378 e. The Morgan fingerprint density at radius 1 is 1.05 bits per heavy atom. The average molecular weight is 292 g/mol. The Bertz CT molecular complexity index is 799. The number of nitrogens with two attached hydrogens (primary N) is 1. The van der Waals surface area contributed by atoms with Gasteiger partial charge in [0.2, 0.25) is 0 Å². The zero-order valence-electron chi connectivity index (χ0n) is 13.1. The molecule has 0 fully saturated rings. The number of H-pyrrole nitrogens is 1. The molecule has 0 saturated heterocycles. The zero-order valence-corrected chi connectivity index (χ0v) is 13.1. The van der Waals surface area contributed by atoms with Gasteiger partial charge in [-0.3, -0.25) is 0 Å². The lowest BCUT2D eigenvalue weighted by Gasteiger charge is -2.22. The van der Waals surface area contributed by atoms with E-state index in [2.05, 4.69) is 77.8 Å². The average Bonchev–Trinajstić information content (AvgIpc) is 2.93. The highest BCUT2D eigenvalue weighted by molar-refractivity contribution is 5.85. The standard InChI is InChI=1S/C19H21N3/c1-22(2)14-9-7-13(8-10-14)18-19-16(11-12-20-18)15-5-3-4-6-17(15)21-19/h3-10,18,20-21H,11-12H2,1-2H3/p+1/t18-/m0/s1. The number of aromatic amines is 1. The molecule has 3 heteroatoms. The van der Waals surface area contributed by atoms with Gasteiger partial charge in [-0.1, -0.05) is 30.3 Å². The van der Waals surface area contributed by atoms with Crippen LogP contribution in [0.5, 0.6) is 0 Å². The van der Waals surface area contributed by atoms with Gasteiger partial charge in [-0.25, -0.2) is 0 Å². The summed E-state index contributed by atoms with van der Waals surface area (Å²) in [7, 11) is 4.16. The van der Waals surface area contributed by atoms with Gasteiger partial charge in [0.25, 0.3) is 0 Å². The second-order valence-corrected chi connectivity index (χ2v) is 6.30. The van der Waals surface area contributed by atoms with Crippen LogP contribution in [0.4, 0.5) is 5.69 Å². The van der Waals surface area contributed by atoms with Gasteiger partial charge < -0.3 is 15.2 Å².